The molecule has 0 radical (unpaired) electrons. The Balaban J connectivity index is 2.30. The van der Waals surface area contributed by atoms with Crippen molar-refractivity contribution in [1.82, 2.24) is 14.9 Å². The van der Waals surface area contributed by atoms with Gasteiger partial charge < -0.3 is 4.90 Å². The first-order chi connectivity index (χ1) is 9.79. The fourth-order valence-electron chi connectivity index (χ4n) is 1.57. The minimum atomic E-state index is -4.63. The van der Waals surface area contributed by atoms with E-state index in [4.69, 9.17) is 12.2 Å². The summed E-state index contributed by atoms with van der Waals surface area (Å²) in [5.41, 5.74) is 1.62. The maximum atomic E-state index is 12.7. The number of hydrogen-bond acceptors (Lipinski definition) is 4. The third-order valence-corrected chi connectivity index (χ3v) is 2.90. The molecule has 0 fully saturated rings. The summed E-state index contributed by atoms with van der Waals surface area (Å²) in [6.07, 6.45) is -3.33. The van der Waals surface area contributed by atoms with Crippen LogP contribution in [0.4, 0.5) is 18.9 Å². The zero-order chi connectivity index (χ0) is 15.6. The Morgan fingerprint density at radius 3 is 2.43 bits per heavy atom. The summed E-state index contributed by atoms with van der Waals surface area (Å²) in [6.45, 7) is 0. The van der Waals surface area contributed by atoms with Crippen molar-refractivity contribution < 1.29 is 13.2 Å². The van der Waals surface area contributed by atoms with Crippen LogP contribution >= 0.6 is 12.2 Å². The van der Waals surface area contributed by atoms with Gasteiger partial charge in [-0.3, -0.25) is 0 Å². The Bertz CT molecular complexity index is 697. The Kier molecular flexibility index (Phi) is 4.12. The SMILES string of the molecule is CN(C)c1ccc(/C=N\n2c(C(F)(F)F)n[nH]c2=S)cc1. The highest BCUT2D eigenvalue weighted by Crippen LogP contribution is 2.27. The number of nitrogens with zero attached hydrogens (tertiary/aromatic N) is 4. The molecule has 0 aliphatic rings. The first-order valence-electron chi connectivity index (χ1n) is 5.85. The van der Waals surface area contributed by atoms with Crippen molar-refractivity contribution in [2.24, 2.45) is 5.10 Å². The van der Waals surface area contributed by atoms with Gasteiger partial charge in [-0.1, -0.05) is 12.1 Å². The van der Waals surface area contributed by atoms with E-state index in [1.165, 1.54) is 6.21 Å². The Labute approximate surface area is 123 Å². The molecule has 0 spiro atoms. The number of anilines is 1. The molecule has 0 amide bonds. The molecule has 1 N–H and O–H groups in total. The number of nitrogens with one attached hydrogen (secondary N) is 1. The van der Waals surface area contributed by atoms with Gasteiger partial charge in [-0.2, -0.15) is 22.9 Å². The van der Waals surface area contributed by atoms with Crippen molar-refractivity contribution in [3.8, 4) is 0 Å². The van der Waals surface area contributed by atoms with Gasteiger partial charge in [0, 0.05) is 19.8 Å². The van der Waals surface area contributed by atoms with Crippen molar-refractivity contribution in [3.05, 3.63) is 40.4 Å². The van der Waals surface area contributed by atoms with Gasteiger partial charge in [-0.15, -0.1) is 5.10 Å². The Morgan fingerprint density at radius 1 is 1.29 bits per heavy atom. The Morgan fingerprint density at radius 2 is 1.90 bits per heavy atom. The first-order valence-corrected chi connectivity index (χ1v) is 6.26. The van der Waals surface area contributed by atoms with E-state index in [-0.39, 0.29) is 4.77 Å². The average Bonchev–Trinajstić information content (AvgIpc) is 2.78. The number of hydrogen-bond donors (Lipinski definition) is 1. The van der Waals surface area contributed by atoms with Gasteiger partial charge in [0.05, 0.1) is 6.21 Å². The molecule has 1 aromatic carbocycles. The highest BCUT2D eigenvalue weighted by atomic mass is 32.1. The quantitative estimate of drug-likeness (QED) is 0.700. The fourth-order valence-corrected chi connectivity index (χ4v) is 1.74. The van der Waals surface area contributed by atoms with Gasteiger partial charge in [-0.05, 0) is 29.9 Å². The smallest absolute Gasteiger partial charge is 0.378 e. The number of halogens is 3. The van der Waals surface area contributed by atoms with Crippen molar-refractivity contribution in [2.45, 2.75) is 6.18 Å². The van der Waals surface area contributed by atoms with E-state index in [2.05, 4.69) is 15.3 Å². The molecule has 0 atom stereocenters. The minimum Gasteiger partial charge on any atom is -0.378 e. The summed E-state index contributed by atoms with van der Waals surface area (Å²) in [4.78, 5) is 1.91. The van der Waals surface area contributed by atoms with Gasteiger partial charge in [-0.25, -0.2) is 5.10 Å². The van der Waals surface area contributed by atoms with Gasteiger partial charge in [0.25, 0.3) is 5.82 Å². The summed E-state index contributed by atoms with van der Waals surface area (Å²) >= 11 is 4.74. The largest absolute Gasteiger partial charge is 0.453 e. The number of aromatic nitrogens is 3. The lowest BCUT2D eigenvalue weighted by molar-refractivity contribution is -0.147. The fraction of sp³-hybridized carbons (Fsp3) is 0.250. The predicted octanol–water partition coefficient (Wildman–Crippen LogP) is 2.91. The molecule has 0 unspecified atom stereocenters. The molecule has 1 heterocycles. The summed E-state index contributed by atoms with van der Waals surface area (Å²) < 4.78 is 38.4. The maximum absolute atomic E-state index is 12.7. The standard InChI is InChI=1S/C12H12F3N5S/c1-19(2)9-5-3-8(4-6-9)7-16-20-10(12(13,14)15)17-18-11(20)21/h3-7H,1-2H3,(H,18,21)/b16-7-. The molecular formula is C12H12F3N5S. The summed E-state index contributed by atoms with van der Waals surface area (Å²) in [5, 5.41) is 8.95. The van der Waals surface area contributed by atoms with Crippen molar-refractivity contribution in [3.63, 3.8) is 0 Å². The molecule has 21 heavy (non-hydrogen) atoms. The molecule has 112 valence electrons. The zero-order valence-electron chi connectivity index (χ0n) is 11.2. The summed E-state index contributed by atoms with van der Waals surface area (Å²) in [5.74, 6) is -1.19. The lowest BCUT2D eigenvalue weighted by atomic mass is 10.2. The van der Waals surface area contributed by atoms with E-state index in [9.17, 15) is 13.2 Å². The molecule has 0 saturated heterocycles. The predicted molar refractivity (Wildman–Crippen MR) is 76.2 cm³/mol. The van der Waals surface area contributed by atoms with E-state index in [0.717, 1.165) is 5.69 Å². The number of alkyl halides is 3. The van der Waals surface area contributed by atoms with E-state index in [1.807, 2.05) is 31.1 Å². The monoisotopic (exact) mass is 315 g/mol. The van der Waals surface area contributed by atoms with E-state index in [0.29, 0.717) is 10.2 Å². The first kappa shape index (κ1) is 15.2. The third kappa shape index (κ3) is 3.48. The van der Waals surface area contributed by atoms with Crippen LogP contribution in [0.3, 0.4) is 0 Å². The molecule has 2 rings (SSSR count). The van der Waals surface area contributed by atoms with Crippen LogP contribution in [0.25, 0.3) is 0 Å². The zero-order valence-corrected chi connectivity index (χ0v) is 12.0. The summed E-state index contributed by atoms with van der Waals surface area (Å²) in [6, 6.07) is 7.16. The normalized spacial score (nSPS) is 12.0. The molecule has 2 aromatic rings. The summed E-state index contributed by atoms with van der Waals surface area (Å²) in [7, 11) is 3.78. The molecule has 0 aliphatic carbocycles. The van der Waals surface area contributed by atoms with Gasteiger partial charge in [0.15, 0.2) is 0 Å². The molecule has 1 aromatic heterocycles. The van der Waals surface area contributed by atoms with Gasteiger partial charge in [0.1, 0.15) is 0 Å². The van der Waals surface area contributed by atoms with Crippen LogP contribution in [-0.2, 0) is 6.18 Å². The van der Waals surface area contributed by atoms with E-state index >= 15 is 0 Å². The van der Waals surface area contributed by atoms with Crippen molar-refractivity contribution >= 4 is 24.1 Å². The molecule has 0 bridgehead atoms. The lowest BCUT2D eigenvalue weighted by Gasteiger charge is -2.11. The topological polar surface area (TPSA) is 49.2 Å². The molecular weight excluding hydrogens is 303 g/mol. The molecule has 0 saturated carbocycles. The second-order valence-electron chi connectivity index (χ2n) is 4.39. The second-order valence-corrected chi connectivity index (χ2v) is 4.78. The van der Waals surface area contributed by atoms with E-state index < -0.39 is 12.0 Å². The third-order valence-electron chi connectivity index (χ3n) is 2.64. The number of H-pyrrole nitrogens is 1. The lowest BCUT2D eigenvalue weighted by Crippen LogP contribution is -2.12. The van der Waals surface area contributed by atoms with Crippen LogP contribution in [0.2, 0.25) is 0 Å². The Hall–Kier alpha value is -2.16. The second kappa shape index (κ2) is 5.68. The highest BCUT2D eigenvalue weighted by Gasteiger charge is 2.37. The van der Waals surface area contributed by atoms with Crippen LogP contribution in [0.1, 0.15) is 11.4 Å². The molecule has 0 aliphatic heterocycles. The van der Waals surface area contributed by atoms with Crippen LogP contribution in [0.5, 0.6) is 0 Å². The van der Waals surface area contributed by atoms with Gasteiger partial charge in [0.2, 0.25) is 4.77 Å². The maximum Gasteiger partial charge on any atom is 0.453 e. The number of rotatable bonds is 3. The van der Waals surface area contributed by atoms with Crippen LogP contribution in [-0.4, -0.2) is 35.2 Å². The van der Waals surface area contributed by atoms with Crippen molar-refractivity contribution in [2.75, 3.05) is 19.0 Å². The highest BCUT2D eigenvalue weighted by molar-refractivity contribution is 7.71. The minimum absolute atomic E-state index is 0.219. The number of benzene rings is 1. The van der Waals surface area contributed by atoms with Crippen LogP contribution in [0.15, 0.2) is 29.4 Å². The number of aromatic amines is 1. The van der Waals surface area contributed by atoms with Crippen molar-refractivity contribution in [1.29, 1.82) is 0 Å². The van der Waals surface area contributed by atoms with Crippen LogP contribution in [0, 0.1) is 4.77 Å². The van der Waals surface area contributed by atoms with E-state index in [1.54, 1.807) is 12.1 Å². The average molecular weight is 315 g/mol. The molecule has 9 heteroatoms. The molecule has 5 nitrogen and oxygen atoms in total. The van der Waals surface area contributed by atoms with Crippen LogP contribution < -0.4 is 4.90 Å². The van der Waals surface area contributed by atoms with Gasteiger partial charge >= 0.3 is 6.18 Å².